The van der Waals surface area contributed by atoms with Crippen molar-refractivity contribution in [2.45, 2.75) is 0 Å². The van der Waals surface area contributed by atoms with E-state index in [-0.39, 0.29) is 5.82 Å². The van der Waals surface area contributed by atoms with Crippen molar-refractivity contribution in [3.63, 3.8) is 0 Å². The second-order valence-electron chi connectivity index (χ2n) is 9.14. The Morgan fingerprint density at radius 1 is 0.444 bits per heavy atom. The first-order valence-corrected chi connectivity index (χ1v) is 12.9. The molecule has 1 aromatic heterocycles. The van der Waals surface area contributed by atoms with Gasteiger partial charge in [0.2, 0.25) is 0 Å². The van der Waals surface area contributed by atoms with Gasteiger partial charge in [0.25, 0.3) is 0 Å². The van der Waals surface area contributed by atoms with Gasteiger partial charge in [-0.15, -0.1) is 11.3 Å². The summed E-state index contributed by atoms with van der Waals surface area (Å²) < 4.78 is 16.0. The van der Waals surface area contributed by atoms with Crippen LogP contribution in [0, 0.1) is 5.82 Å². The maximum Gasteiger partial charge on any atom is 0.123 e. The predicted molar refractivity (Wildman–Crippen MR) is 153 cm³/mol. The zero-order chi connectivity index (χ0) is 24.1. The van der Waals surface area contributed by atoms with Gasteiger partial charge in [0.05, 0.1) is 0 Å². The minimum Gasteiger partial charge on any atom is -0.207 e. The molecule has 0 fully saturated rings. The van der Waals surface area contributed by atoms with Crippen LogP contribution in [0.5, 0.6) is 0 Å². The summed E-state index contributed by atoms with van der Waals surface area (Å²) in [5.74, 6) is -0.214. The van der Waals surface area contributed by atoms with Gasteiger partial charge in [-0.3, -0.25) is 0 Å². The molecule has 0 saturated carbocycles. The van der Waals surface area contributed by atoms with E-state index in [1.807, 2.05) is 23.5 Å². The Kier molecular flexibility index (Phi) is 4.93. The summed E-state index contributed by atoms with van der Waals surface area (Å²) in [6.07, 6.45) is 0. The largest absolute Gasteiger partial charge is 0.207 e. The van der Waals surface area contributed by atoms with Crippen molar-refractivity contribution in [2.24, 2.45) is 0 Å². The molecule has 6 aromatic carbocycles. The molecule has 0 N–H and O–H groups in total. The normalized spacial score (nSPS) is 11.5. The topological polar surface area (TPSA) is 0 Å². The van der Waals surface area contributed by atoms with E-state index in [1.54, 1.807) is 0 Å². The minimum atomic E-state index is -0.214. The molecule has 36 heavy (non-hydrogen) atoms. The van der Waals surface area contributed by atoms with Gasteiger partial charge < -0.3 is 0 Å². The average Bonchev–Trinajstić information content (AvgIpc) is 3.32. The predicted octanol–water partition coefficient (Wildman–Crippen LogP) is 10.3. The third-order valence-electron chi connectivity index (χ3n) is 6.95. The highest BCUT2D eigenvalue weighted by molar-refractivity contribution is 7.26. The number of hydrogen-bond donors (Lipinski definition) is 0. The van der Waals surface area contributed by atoms with Crippen LogP contribution in [-0.2, 0) is 0 Å². The Morgan fingerprint density at radius 3 is 1.75 bits per heavy atom. The quantitative estimate of drug-likeness (QED) is 0.236. The van der Waals surface area contributed by atoms with E-state index >= 15 is 0 Å². The van der Waals surface area contributed by atoms with Crippen molar-refractivity contribution in [1.29, 1.82) is 0 Å². The van der Waals surface area contributed by atoms with Gasteiger partial charge in [0.15, 0.2) is 0 Å². The van der Waals surface area contributed by atoms with Crippen molar-refractivity contribution < 1.29 is 4.39 Å². The molecule has 2 heteroatoms. The fraction of sp³-hybridized carbons (Fsp3) is 0. The molecule has 0 saturated heterocycles. The third kappa shape index (κ3) is 3.59. The minimum absolute atomic E-state index is 0.214. The Bertz CT molecular complexity index is 1880. The van der Waals surface area contributed by atoms with Crippen LogP contribution in [0.15, 0.2) is 127 Å². The molecule has 0 nitrogen and oxygen atoms in total. The first-order valence-electron chi connectivity index (χ1n) is 12.0. The Morgan fingerprint density at radius 2 is 1.03 bits per heavy atom. The summed E-state index contributed by atoms with van der Waals surface area (Å²) in [6, 6.07) is 43.8. The Hall–Kier alpha value is -4.27. The highest BCUT2D eigenvalue weighted by Crippen LogP contribution is 2.40. The van der Waals surface area contributed by atoms with Gasteiger partial charge >= 0.3 is 0 Å². The van der Waals surface area contributed by atoms with Gasteiger partial charge in [0.1, 0.15) is 5.82 Å². The fourth-order valence-corrected chi connectivity index (χ4v) is 6.30. The number of thiophene rings is 1. The standard InChI is InChI=1S/C34H21FS/c35-29-18-16-23(17-19-29)27-15-11-24-10-14-26(20-28(24)21-27)22-8-12-25(13-9-22)30-5-3-6-32-31-4-1-2-7-33(31)36-34(30)32/h1-21H. The lowest BCUT2D eigenvalue weighted by Gasteiger charge is -2.09. The van der Waals surface area contributed by atoms with Crippen molar-refractivity contribution >= 4 is 42.3 Å². The maximum atomic E-state index is 13.4. The molecule has 0 aliphatic rings. The summed E-state index contributed by atoms with van der Waals surface area (Å²) in [7, 11) is 0. The molecule has 0 aliphatic heterocycles. The third-order valence-corrected chi connectivity index (χ3v) is 8.17. The van der Waals surface area contributed by atoms with Gasteiger partial charge in [-0.1, -0.05) is 97.1 Å². The van der Waals surface area contributed by atoms with Crippen LogP contribution in [0.3, 0.4) is 0 Å². The molecule has 0 aliphatic carbocycles. The first-order chi connectivity index (χ1) is 17.7. The molecule has 0 radical (unpaired) electrons. The lowest BCUT2D eigenvalue weighted by atomic mass is 9.96. The van der Waals surface area contributed by atoms with E-state index in [9.17, 15) is 4.39 Å². The van der Waals surface area contributed by atoms with Crippen LogP contribution in [0.2, 0.25) is 0 Å². The van der Waals surface area contributed by atoms with Crippen LogP contribution in [0.25, 0.3) is 64.3 Å². The molecule has 0 amide bonds. The van der Waals surface area contributed by atoms with E-state index in [2.05, 4.69) is 103 Å². The number of fused-ring (bicyclic) bond motifs is 4. The van der Waals surface area contributed by atoms with Gasteiger partial charge in [-0.2, -0.15) is 0 Å². The van der Waals surface area contributed by atoms with Crippen molar-refractivity contribution in [2.75, 3.05) is 0 Å². The Labute approximate surface area is 212 Å². The smallest absolute Gasteiger partial charge is 0.123 e. The number of benzene rings is 6. The summed E-state index contributed by atoms with van der Waals surface area (Å²) in [5.41, 5.74) is 7.00. The fourth-order valence-electron chi connectivity index (χ4n) is 5.06. The molecular formula is C34H21FS. The van der Waals surface area contributed by atoms with Gasteiger partial charge in [-0.25, -0.2) is 4.39 Å². The highest BCUT2D eigenvalue weighted by atomic mass is 32.1. The van der Waals surface area contributed by atoms with Gasteiger partial charge in [0, 0.05) is 20.2 Å². The number of rotatable bonds is 3. The molecule has 170 valence electrons. The molecule has 7 rings (SSSR count). The summed E-state index contributed by atoms with van der Waals surface area (Å²) in [5, 5.41) is 5.02. The zero-order valence-corrected chi connectivity index (χ0v) is 20.2. The molecule has 0 unspecified atom stereocenters. The second-order valence-corrected chi connectivity index (χ2v) is 10.2. The molecular weight excluding hydrogens is 459 g/mol. The van der Waals surface area contributed by atoms with Crippen LogP contribution < -0.4 is 0 Å². The van der Waals surface area contributed by atoms with E-state index in [4.69, 9.17) is 0 Å². The lowest BCUT2D eigenvalue weighted by Crippen LogP contribution is -1.83. The SMILES string of the molecule is Fc1ccc(-c2ccc3ccc(-c4ccc(-c5cccc6c5sc5ccccc56)cc4)cc3c2)cc1. The van der Waals surface area contributed by atoms with Crippen molar-refractivity contribution in [1.82, 2.24) is 0 Å². The molecule has 7 aromatic rings. The average molecular weight is 481 g/mol. The van der Waals surface area contributed by atoms with E-state index in [0.29, 0.717) is 0 Å². The van der Waals surface area contributed by atoms with Crippen LogP contribution in [-0.4, -0.2) is 0 Å². The lowest BCUT2D eigenvalue weighted by molar-refractivity contribution is 0.628. The summed E-state index contributed by atoms with van der Waals surface area (Å²) in [4.78, 5) is 0. The van der Waals surface area contributed by atoms with E-state index in [1.165, 1.54) is 65.3 Å². The highest BCUT2D eigenvalue weighted by Gasteiger charge is 2.10. The van der Waals surface area contributed by atoms with E-state index < -0.39 is 0 Å². The molecule has 0 bridgehead atoms. The number of hydrogen-bond acceptors (Lipinski definition) is 1. The van der Waals surface area contributed by atoms with Crippen LogP contribution >= 0.6 is 11.3 Å². The van der Waals surface area contributed by atoms with E-state index in [0.717, 1.165) is 11.1 Å². The van der Waals surface area contributed by atoms with Crippen molar-refractivity contribution in [3.8, 4) is 33.4 Å². The first kappa shape index (κ1) is 21.0. The van der Waals surface area contributed by atoms with Crippen LogP contribution in [0.4, 0.5) is 4.39 Å². The summed E-state index contributed by atoms with van der Waals surface area (Å²) >= 11 is 1.86. The maximum absolute atomic E-state index is 13.4. The van der Waals surface area contributed by atoms with Crippen molar-refractivity contribution in [3.05, 3.63) is 133 Å². The summed E-state index contributed by atoms with van der Waals surface area (Å²) in [6.45, 7) is 0. The molecule has 0 spiro atoms. The number of halogens is 1. The Balaban J connectivity index is 1.26. The molecule has 1 heterocycles. The monoisotopic (exact) mass is 480 g/mol. The van der Waals surface area contributed by atoms with Crippen LogP contribution in [0.1, 0.15) is 0 Å². The van der Waals surface area contributed by atoms with Gasteiger partial charge in [-0.05, 0) is 74.5 Å². The molecule has 0 atom stereocenters. The zero-order valence-electron chi connectivity index (χ0n) is 19.4. The second kappa shape index (κ2) is 8.44.